The topological polar surface area (TPSA) is 69.4 Å². The van der Waals surface area contributed by atoms with Gasteiger partial charge in [-0.05, 0) is 42.4 Å². The fourth-order valence-corrected chi connectivity index (χ4v) is 2.41. The Bertz CT molecular complexity index is 506. The van der Waals surface area contributed by atoms with E-state index >= 15 is 0 Å². The first-order valence-corrected chi connectivity index (χ1v) is 8.70. The molecule has 20 heavy (non-hydrogen) atoms. The van der Waals surface area contributed by atoms with Crippen molar-refractivity contribution in [2.45, 2.75) is 45.4 Å². The van der Waals surface area contributed by atoms with Gasteiger partial charge in [0, 0.05) is 0 Å². The molecule has 1 aromatic rings. The molecule has 0 atom stereocenters. The number of hydrogen-bond donors (Lipinski definition) is 1. The fraction of sp³-hybridized carbons (Fsp3) is 0.600. The largest absolute Gasteiger partial charge is 0.494 e. The number of benzene rings is 1. The first kappa shape index (κ1) is 17.0. The Hall–Kier alpha value is -1.07. The molecule has 0 amide bonds. The SMILES string of the molecule is CCC(C)(C)c1ccc(OCCCCS(N)(=O)=O)cc1. The minimum absolute atomic E-state index is 0.0139. The second-order valence-electron chi connectivity index (χ2n) is 5.68. The van der Waals surface area contributed by atoms with Crippen molar-refractivity contribution >= 4 is 10.0 Å². The zero-order valence-electron chi connectivity index (χ0n) is 12.6. The number of rotatable bonds is 8. The zero-order chi connectivity index (χ0) is 15.2. The summed E-state index contributed by atoms with van der Waals surface area (Å²) in [7, 11) is -3.35. The highest BCUT2D eigenvalue weighted by molar-refractivity contribution is 7.89. The van der Waals surface area contributed by atoms with Crippen LogP contribution in [0.2, 0.25) is 0 Å². The van der Waals surface area contributed by atoms with Crippen molar-refractivity contribution < 1.29 is 13.2 Å². The number of hydrogen-bond acceptors (Lipinski definition) is 3. The summed E-state index contributed by atoms with van der Waals surface area (Å²) >= 11 is 0. The highest BCUT2D eigenvalue weighted by atomic mass is 32.2. The minimum atomic E-state index is -3.35. The average molecular weight is 299 g/mol. The van der Waals surface area contributed by atoms with Crippen LogP contribution in [0.4, 0.5) is 0 Å². The molecular weight excluding hydrogens is 274 g/mol. The lowest BCUT2D eigenvalue weighted by Crippen LogP contribution is -2.17. The van der Waals surface area contributed by atoms with Gasteiger partial charge in [0.1, 0.15) is 5.75 Å². The van der Waals surface area contributed by atoms with Gasteiger partial charge in [0.05, 0.1) is 12.4 Å². The summed E-state index contributed by atoms with van der Waals surface area (Å²) in [5, 5.41) is 4.93. The maximum Gasteiger partial charge on any atom is 0.209 e. The van der Waals surface area contributed by atoms with E-state index in [1.165, 1.54) is 5.56 Å². The van der Waals surface area contributed by atoms with Crippen LogP contribution in [-0.2, 0) is 15.4 Å². The van der Waals surface area contributed by atoms with Gasteiger partial charge in [0.25, 0.3) is 0 Å². The maximum atomic E-state index is 10.8. The lowest BCUT2D eigenvalue weighted by molar-refractivity contribution is 0.309. The highest BCUT2D eigenvalue weighted by Crippen LogP contribution is 2.28. The molecule has 2 N–H and O–H groups in total. The Morgan fingerprint density at radius 2 is 1.75 bits per heavy atom. The van der Waals surface area contributed by atoms with Crippen LogP contribution in [0.1, 0.15) is 45.6 Å². The number of primary sulfonamides is 1. The van der Waals surface area contributed by atoms with E-state index in [0.29, 0.717) is 19.4 Å². The van der Waals surface area contributed by atoms with Gasteiger partial charge >= 0.3 is 0 Å². The Kier molecular flexibility index (Phi) is 6.02. The standard InChI is InChI=1S/C15H25NO3S/c1-4-15(2,3)13-7-9-14(10-8-13)19-11-5-6-12-20(16,17)18/h7-10H,4-6,11-12H2,1-3H3,(H2,16,17,18). The van der Waals surface area contributed by atoms with Crippen LogP contribution in [0.5, 0.6) is 5.75 Å². The Labute approximate surface area is 122 Å². The molecule has 0 aliphatic rings. The molecule has 114 valence electrons. The van der Waals surface area contributed by atoms with Gasteiger partial charge in [-0.15, -0.1) is 0 Å². The third kappa shape index (κ3) is 5.92. The van der Waals surface area contributed by atoms with Gasteiger partial charge < -0.3 is 4.74 Å². The quantitative estimate of drug-likeness (QED) is 0.750. The molecule has 0 spiro atoms. The number of sulfonamides is 1. The predicted molar refractivity (Wildman–Crippen MR) is 82.5 cm³/mol. The molecule has 0 aliphatic carbocycles. The summed E-state index contributed by atoms with van der Waals surface area (Å²) in [6.07, 6.45) is 2.29. The van der Waals surface area contributed by atoms with E-state index in [1.54, 1.807) is 0 Å². The molecule has 0 aliphatic heterocycles. The molecule has 0 aromatic heterocycles. The molecule has 0 fully saturated rings. The number of ether oxygens (including phenoxy) is 1. The number of nitrogens with two attached hydrogens (primary N) is 1. The van der Waals surface area contributed by atoms with E-state index in [4.69, 9.17) is 9.88 Å². The van der Waals surface area contributed by atoms with Crippen molar-refractivity contribution in [2.24, 2.45) is 5.14 Å². The van der Waals surface area contributed by atoms with E-state index in [-0.39, 0.29) is 11.2 Å². The van der Waals surface area contributed by atoms with Crippen LogP contribution in [-0.4, -0.2) is 20.8 Å². The Morgan fingerprint density at radius 1 is 1.15 bits per heavy atom. The van der Waals surface area contributed by atoms with E-state index in [0.717, 1.165) is 12.2 Å². The lowest BCUT2D eigenvalue weighted by atomic mass is 9.82. The normalized spacial score (nSPS) is 12.4. The van der Waals surface area contributed by atoms with Crippen molar-refractivity contribution in [2.75, 3.05) is 12.4 Å². The molecule has 4 nitrogen and oxygen atoms in total. The third-order valence-corrected chi connectivity index (χ3v) is 4.47. The van der Waals surface area contributed by atoms with Crippen molar-refractivity contribution in [3.05, 3.63) is 29.8 Å². The van der Waals surface area contributed by atoms with E-state index < -0.39 is 10.0 Å². The van der Waals surface area contributed by atoms with Crippen LogP contribution in [0.25, 0.3) is 0 Å². The van der Waals surface area contributed by atoms with Crippen LogP contribution in [0, 0.1) is 0 Å². The van der Waals surface area contributed by atoms with Crippen LogP contribution < -0.4 is 9.88 Å². The summed E-state index contributed by atoms with van der Waals surface area (Å²) in [4.78, 5) is 0. The summed E-state index contributed by atoms with van der Waals surface area (Å²) in [6.45, 7) is 7.12. The Balaban J connectivity index is 2.39. The molecule has 0 saturated carbocycles. The monoisotopic (exact) mass is 299 g/mol. The van der Waals surface area contributed by atoms with E-state index in [2.05, 4.69) is 32.9 Å². The Morgan fingerprint density at radius 3 is 2.25 bits per heavy atom. The van der Waals surface area contributed by atoms with E-state index in [1.807, 2.05) is 12.1 Å². The predicted octanol–water partition coefficient (Wildman–Crippen LogP) is 2.82. The van der Waals surface area contributed by atoms with Crippen molar-refractivity contribution in [3.63, 3.8) is 0 Å². The number of unbranched alkanes of at least 4 members (excludes halogenated alkanes) is 1. The maximum absolute atomic E-state index is 10.8. The molecule has 5 heteroatoms. The van der Waals surface area contributed by atoms with Gasteiger partial charge in [0.15, 0.2) is 0 Å². The minimum Gasteiger partial charge on any atom is -0.494 e. The molecule has 0 bridgehead atoms. The van der Waals surface area contributed by atoms with Crippen molar-refractivity contribution in [1.82, 2.24) is 0 Å². The summed E-state index contributed by atoms with van der Waals surface area (Å²) in [5.74, 6) is 0.830. The van der Waals surface area contributed by atoms with Gasteiger partial charge in [-0.1, -0.05) is 32.9 Å². The molecule has 1 rings (SSSR count). The first-order valence-electron chi connectivity index (χ1n) is 6.98. The zero-order valence-corrected chi connectivity index (χ0v) is 13.4. The average Bonchev–Trinajstić information content (AvgIpc) is 2.37. The molecule has 0 heterocycles. The van der Waals surface area contributed by atoms with Crippen molar-refractivity contribution in [3.8, 4) is 5.75 Å². The molecular formula is C15H25NO3S. The lowest BCUT2D eigenvalue weighted by Gasteiger charge is -2.23. The summed E-state index contributed by atoms with van der Waals surface area (Å²) in [5.41, 5.74) is 1.47. The van der Waals surface area contributed by atoms with Crippen LogP contribution >= 0.6 is 0 Å². The first-order chi connectivity index (χ1) is 9.24. The van der Waals surface area contributed by atoms with E-state index in [9.17, 15) is 8.42 Å². The van der Waals surface area contributed by atoms with Crippen LogP contribution in [0.15, 0.2) is 24.3 Å². The van der Waals surface area contributed by atoms with Crippen LogP contribution in [0.3, 0.4) is 0 Å². The third-order valence-electron chi connectivity index (χ3n) is 3.61. The van der Waals surface area contributed by atoms with Gasteiger partial charge in [-0.2, -0.15) is 0 Å². The fourth-order valence-electron chi connectivity index (χ4n) is 1.80. The van der Waals surface area contributed by atoms with Gasteiger partial charge in [-0.3, -0.25) is 0 Å². The molecule has 0 saturated heterocycles. The second kappa shape index (κ2) is 7.09. The highest BCUT2D eigenvalue weighted by Gasteiger charge is 2.17. The molecule has 0 unspecified atom stereocenters. The molecule has 0 radical (unpaired) electrons. The smallest absolute Gasteiger partial charge is 0.209 e. The summed E-state index contributed by atoms with van der Waals surface area (Å²) in [6, 6.07) is 8.10. The van der Waals surface area contributed by atoms with Crippen molar-refractivity contribution in [1.29, 1.82) is 0 Å². The summed E-state index contributed by atoms with van der Waals surface area (Å²) < 4.78 is 27.1. The second-order valence-corrected chi connectivity index (χ2v) is 7.42. The van der Waals surface area contributed by atoms with Gasteiger partial charge in [-0.25, -0.2) is 13.6 Å². The van der Waals surface area contributed by atoms with Gasteiger partial charge in [0.2, 0.25) is 10.0 Å². The molecule has 1 aromatic carbocycles.